The van der Waals surface area contributed by atoms with Crippen molar-refractivity contribution in [1.29, 1.82) is 0 Å². The maximum absolute atomic E-state index is 5.74. The second kappa shape index (κ2) is 11.5. The van der Waals surface area contributed by atoms with E-state index in [9.17, 15) is 0 Å². The molecule has 0 aromatic heterocycles. The second-order valence-corrected chi connectivity index (χ2v) is 8.24. The molecule has 0 saturated carbocycles. The van der Waals surface area contributed by atoms with Gasteiger partial charge in [0.05, 0.1) is 19.3 Å². The summed E-state index contributed by atoms with van der Waals surface area (Å²) >= 11 is 0. The lowest BCUT2D eigenvalue weighted by molar-refractivity contribution is 0.0584. The van der Waals surface area contributed by atoms with E-state index in [0.717, 1.165) is 44.7 Å². The monoisotopic (exact) mass is 365 g/mol. The third-order valence-electron chi connectivity index (χ3n) is 4.50. The third kappa shape index (κ3) is 9.51. The number of hydrogen-bond donors (Lipinski definition) is 0. The smallest absolute Gasteiger partial charge is 0.212 e. The molecule has 26 heavy (non-hydrogen) atoms. The molecule has 1 aliphatic heterocycles. The average Bonchev–Trinajstić information content (AvgIpc) is 2.59. The van der Waals surface area contributed by atoms with Gasteiger partial charge in [-0.1, -0.05) is 6.08 Å². The minimum absolute atomic E-state index is 0.237. The number of allylic oxidation sites excluding steroid dienone is 2. The Bertz CT molecular complexity index is 470. The Labute approximate surface area is 160 Å². The first-order chi connectivity index (χ1) is 12.2. The third-order valence-corrected chi connectivity index (χ3v) is 4.50. The van der Waals surface area contributed by atoms with E-state index in [2.05, 4.69) is 42.3 Å². The van der Waals surface area contributed by atoms with Crippen molar-refractivity contribution in [3.63, 3.8) is 0 Å². The van der Waals surface area contributed by atoms with Gasteiger partial charge >= 0.3 is 0 Å². The van der Waals surface area contributed by atoms with Crippen LogP contribution in [0.1, 0.15) is 48.0 Å². The summed E-state index contributed by atoms with van der Waals surface area (Å²) in [5, 5.41) is 0. The van der Waals surface area contributed by atoms with Gasteiger partial charge in [-0.3, -0.25) is 4.90 Å². The number of ether oxygens (including phenoxy) is 2. The van der Waals surface area contributed by atoms with Crippen LogP contribution in [0.5, 0.6) is 0 Å². The molecule has 0 aromatic rings. The predicted octanol–water partition coefficient (Wildman–Crippen LogP) is 3.72. The van der Waals surface area contributed by atoms with Crippen LogP contribution in [0.4, 0.5) is 0 Å². The first kappa shape index (κ1) is 22.9. The van der Waals surface area contributed by atoms with Crippen LogP contribution in [0.15, 0.2) is 28.6 Å². The first-order valence-corrected chi connectivity index (χ1v) is 9.78. The van der Waals surface area contributed by atoms with E-state index in [1.807, 2.05) is 32.9 Å². The summed E-state index contributed by atoms with van der Waals surface area (Å²) in [6.45, 7) is 23.5. The number of rotatable bonds is 10. The van der Waals surface area contributed by atoms with E-state index in [4.69, 9.17) is 9.47 Å². The lowest BCUT2D eigenvalue weighted by Gasteiger charge is -2.42. The van der Waals surface area contributed by atoms with Crippen LogP contribution in [0.3, 0.4) is 0 Å². The topological polar surface area (TPSA) is 37.3 Å². The fourth-order valence-electron chi connectivity index (χ4n) is 2.81. The van der Waals surface area contributed by atoms with E-state index in [1.165, 1.54) is 0 Å². The van der Waals surface area contributed by atoms with E-state index in [1.54, 1.807) is 0 Å². The van der Waals surface area contributed by atoms with Gasteiger partial charge in [-0.25, -0.2) is 4.99 Å². The molecule has 5 nitrogen and oxygen atoms in total. The minimum atomic E-state index is 0.237. The molecule has 1 heterocycles. The summed E-state index contributed by atoms with van der Waals surface area (Å²) in [6.07, 6.45) is 5.09. The summed E-state index contributed by atoms with van der Waals surface area (Å²) < 4.78 is 11.3. The van der Waals surface area contributed by atoms with Gasteiger partial charge in [0, 0.05) is 44.3 Å². The normalized spacial score (nSPS) is 18.4. The van der Waals surface area contributed by atoms with Gasteiger partial charge in [-0.15, -0.1) is 0 Å². The number of hydrogen-bond acceptors (Lipinski definition) is 5. The van der Waals surface area contributed by atoms with Gasteiger partial charge in [0.15, 0.2) is 0 Å². The average molecular weight is 366 g/mol. The molecule has 0 N–H and O–H groups in total. The zero-order valence-corrected chi connectivity index (χ0v) is 17.8. The fourth-order valence-corrected chi connectivity index (χ4v) is 2.81. The Balaban J connectivity index is 2.26. The zero-order valence-electron chi connectivity index (χ0n) is 17.8. The highest BCUT2D eigenvalue weighted by molar-refractivity contribution is 5.28. The van der Waals surface area contributed by atoms with Crippen molar-refractivity contribution in [1.82, 2.24) is 9.80 Å². The van der Waals surface area contributed by atoms with E-state index in [-0.39, 0.29) is 11.6 Å². The van der Waals surface area contributed by atoms with Crippen LogP contribution >= 0.6 is 0 Å². The lowest BCUT2D eigenvalue weighted by atomic mass is 10.0. The Morgan fingerprint density at radius 2 is 1.81 bits per heavy atom. The van der Waals surface area contributed by atoms with Gasteiger partial charge in [-0.05, 0) is 60.3 Å². The SMILES string of the molecule is C=N/C(=C\C=C(/C)COC(C)C)OCCCN1CCN(C(C)(C)C)CC1. The fraction of sp³-hybridized carbons (Fsp3) is 0.762. The molecule has 0 spiro atoms. The molecule has 0 atom stereocenters. The highest BCUT2D eigenvalue weighted by Crippen LogP contribution is 2.15. The second-order valence-electron chi connectivity index (χ2n) is 8.24. The molecule has 0 aliphatic carbocycles. The molecule has 1 saturated heterocycles. The summed E-state index contributed by atoms with van der Waals surface area (Å²) in [7, 11) is 0. The minimum Gasteiger partial charge on any atom is -0.478 e. The predicted molar refractivity (Wildman–Crippen MR) is 111 cm³/mol. The van der Waals surface area contributed by atoms with Gasteiger partial charge in [-0.2, -0.15) is 0 Å². The van der Waals surface area contributed by atoms with Crippen molar-refractivity contribution in [3.8, 4) is 0 Å². The van der Waals surface area contributed by atoms with Crippen molar-refractivity contribution in [2.24, 2.45) is 4.99 Å². The standard InChI is InChI=1S/C21H39N3O2/c1-18(2)26-17-19(3)9-10-20(22-7)25-16-8-11-23-12-14-24(15-13-23)21(4,5)6/h9-10,18H,7-8,11-17H2,1-6H3/b19-9+,20-10+. The van der Waals surface area contributed by atoms with Crippen LogP contribution in [0.25, 0.3) is 0 Å². The molecular weight excluding hydrogens is 326 g/mol. The molecule has 1 aliphatic rings. The molecular formula is C21H39N3O2. The van der Waals surface area contributed by atoms with Crippen LogP contribution in [0.2, 0.25) is 0 Å². The maximum Gasteiger partial charge on any atom is 0.212 e. The summed E-state index contributed by atoms with van der Waals surface area (Å²) in [4.78, 5) is 9.03. The molecule has 0 radical (unpaired) electrons. The summed E-state index contributed by atoms with van der Waals surface area (Å²) in [5.41, 5.74) is 1.41. The van der Waals surface area contributed by atoms with E-state index < -0.39 is 0 Å². The largest absolute Gasteiger partial charge is 0.478 e. The van der Waals surface area contributed by atoms with Crippen molar-refractivity contribution in [3.05, 3.63) is 23.6 Å². The lowest BCUT2D eigenvalue weighted by Crippen LogP contribution is -2.53. The van der Waals surface area contributed by atoms with E-state index >= 15 is 0 Å². The van der Waals surface area contributed by atoms with Crippen LogP contribution in [-0.2, 0) is 9.47 Å². The number of aliphatic imine (C=N–C) groups is 1. The van der Waals surface area contributed by atoms with Gasteiger partial charge < -0.3 is 14.4 Å². The van der Waals surface area contributed by atoms with Crippen LogP contribution in [0, 0.1) is 0 Å². The molecule has 0 bridgehead atoms. The molecule has 1 rings (SSSR count). The zero-order chi connectivity index (χ0) is 19.6. The van der Waals surface area contributed by atoms with Crippen molar-refractivity contribution >= 4 is 6.72 Å². The molecule has 0 amide bonds. The van der Waals surface area contributed by atoms with Crippen molar-refractivity contribution < 1.29 is 9.47 Å². The molecule has 5 heteroatoms. The molecule has 0 aromatic carbocycles. The first-order valence-electron chi connectivity index (χ1n) is 9.78. The van der Waals surface area contributed by atoms with Crippen molar-refractivity contribution in [2.45, 2.75) is 59.6 Å². The summed E-state index contributed by atoms with van der Waals surface area (Å²) in [6, 6.07) is 0. The number of nitrogens with zero attached hydrogens (tertiary/aromatic N) is 3. The van der Waals surface area contributed by atoms with Crippen LogP contribution in [-0.4, -0.2) is 74.1 Å². The highest BCUT2D eigenvalue weighted by Gasteiger charge is 2.25. The quantitative estimate of drug-likeness (QED) is 0.256. The Hall–Kier alpha value is -1.17. The van der Waals surface area contributed by atoms with Gasteiger partial charge in [0.25, 0.3) is 0 Å². The maximum atomic E-state index is 5.74. The highest BCUT2D eigenvalue weighted by atomic mass is 16.5. The Morgan fingerprint density at radius 3 is 2.35 bits per heavy atom. The number of piperazine rings is 1. The van der Waals surface area contributed by atoms with Gasteiger partial charge in [0.1, 0.15) is 0 Å². The van der Waals surface area contributed by atoms with Crippen LogP contribution < -0.4 is 0 Å². The summed E-state index contributed by atoms with van der Waals surface area (Å²) in [5.74, 6) is 0.575. The van der Waals surface area contributed by atoms with E-state index in [0.29, 0.717) is 19.1 Å². The van der Waals surface area contributed by atoms with Gasteiger partial charge in [0.2, 0.25) is 5.88 Å². The Morgan fingerprint density at radius 1 is 1.15 bits per heavy atom. The molecule has 1 fully saturated rings. The molecule has 0 unspecified atom stereocenters. The Kier molecular flexibility index (Phi) is 10.1. The van der Waals surface area contributed by atoms with Crippen molar-refractivity contribution in [2.75, 3.05) is 45.9 Å². The molecule has 150 valence electrons.